The minimum atomic E-state index is -3.29. The minimum Gasteiger partial charge on any atom is -0.492 e. The summed E-state index contributed by atoms with van der Waals surface area (Å²) in [4.78, 5) is 12.3. The van der Waals surface area contributed by atoms with Gasteiger partial charge in [0.1, 0.15) is 12.4 Å². The van der Waals surface area contributed by atoms with Crippen LogP contribution < -0.4 is 14.4 Å². The third kappa shape index (κ3) is 4.28. The number of fused-ring (bicyclic) bond motifs is 1. The normalized spacial score (nSPS) is 13.4. The maximum absolute atomic E-state index is 12.3. The third-order valence-electron chi connectivity index (χ3n) is 4.06. The molecule has 8 heteroatoms. The smallest absolute Gasteiger partial charge is 0.251 e. The largest absolute Gasteiger partial charge is 0.492 e. The minimum absolute atomic E-state index is 0.217. The van der Waals surface area contributed by atoms with E-state index in [-0.39, 0.29) is 5.91 Å². The van der Waals surface area contributed by atoms with Crippen molar-refractivity contribution < 1.29 is 17.9 Å². The summed E-state index contributed by atoms with van der Waals surface area (Å²) in [5, 5.41) is 3.43. The van der Waals surface area contributed by atoms with Crippen molar-refractivity contribution in [2.45, 2.75) is 6.42 Å². The number of hydrogen-bond acceptors (Lipinski definition) is 4. The van der Waals surface area contributed by atoms with E-state index in [2.05, 4.69) is 5.32 Å². The molecular formula is C18H19ClN2O4S. The van der Waals surface area contributed by atoms with Crippen LogP contribution in [0.5, 0.6) is 5.75 Å². The van der Waals surface area contributed by atoms with E-state index >= 15 is 0 Å². The molecular weight excluding hydrogens is 376 g/mol. The van der Waals surface area contributed by atoms with E-state index < -0.39 is 10.0 Å². The maximum Gasteiger partial charge on any atom is 0.251 e. The van der Waals surface area contributed by atoms with Gasteiger partial charge in [-0.1, -0.05) is 11.6 Å². The lowest BCUT2D eigenvalue weighted by Crippen LogP contribution is -2.28. The Morgan fingerprint density at radius 2 is 1.96 bits per heavy atom. The van der Waals surface area contributed by atoms with Gasteiger partial charge in [0.15, 0.2) is 0 Å². The molecule has 1 amide bonds. The molecule has 0 spiro atoms. The van der Waals surface area contributed by atoms with E-state index in [1.54, 1.807) is 42.5 Å². The average molecular weight is 395 g/mol. The summed E-state index contributed by atoms with van der Waals surface area (Å²) in [6.07, 6.45) is 1.78. The fourth-order valence-corrected chi connectivity index (χ4v) is 3.91. The van der Waals surface area contributed by atoms with Crippen molar-refractivity contribution in [3.63, 3.8) is 0 Å². The zero-order valence-electron chi connectivity index (χ0n) is 14.2. The van der Waals surface area contributed by atoms with Gasteiger partial charge >= 0.3 is 0 Å². The van der Waals surface area contributed by atoms with Gasteiger partial charge in [-0.15, -0.1) is 0 Å². The molecule has 1 heterocycles. The lowest BCUT2D eigenvalue weighted by atomic mass is 10.1. The predicted molar refractivity (Wildman–Crippen MR) is 102 cm³/mol. The molecule has 0 fully saturated rings. The molecule has 0 saturated carbocycles. The first-order chi connectivity index (χ1) is 12.3. The number of carbonyl (C=O) groups excluding carboxylic acids is 1. The van der Waals surface area contributed by atoms with E-state index in [0.29, 0.717) is 48.1 Å². The Balaban J connectivity index is 1.55. The molecule has 138 valence electrons. The quantitative estimate of drug-likeness (QED) is 0.763. The SMILES string of the molecule is CS(=O)(=O)N1CCc2cc(C(=O)NCCOc3ccc(Cl)cc3)ccc21. The highest BCUT2D eigenvalue weighted by Crippen LogP contribution is 2.30. The molecule has 2 aromatic carbocycles. The van der Waals surface area contributed by atoms with Gasteiger partial charge in [-0.25, -0.2) is 8.42 Å². The zero-order chi connectivity index (χ0) is 18.7. The number of ether oxygens (including phenoxy) is 1. The van der Waals surface area contributed by atoms with E-state index in [1.165, 1.54) is 10.6 Å². The Morgan fingerprint density at radius 1 is 1.23 bits per heavy atom. The van der Waals surface area contributed by atoms with Gasteiger partial charge in [0.2, 0.25) is 10.0 Å². The molecule has 0 aliphatic carbocycles. The summed E-state index contributed by atoms with van der Waals surface area (Å²) < 4.78 is 30.4. The van der Waals surface area contributed by atoms with Crippen LogP contribution in [-0.4, -0.2) is 40.3 Å². The predicted octanol–water partition coefficient (Wildman–Crippen LogP) is 2.47. The highest BCUT2D eigenvalue weighted by atomic mass is 35.5. The number of halogens is 1. The van der Waals surface area contributed by atoms with Crippen molar-refractivity contribution in [3.8, 4) is 5.75 Å². The lowest BCUT2D eigenvalue weighted by Gasteiger charge is -2.16. The van der Waals surface area contributed by atoms with Crippen molar-refractivity contribution in [1.82, 2.24) is 5.32 Å². The first-order valence-corrected chi connectivity index (χ1v) is 10.3. The van der Waals surface area contributed by atoms with Crippen LogP contribution in [0, 0.1) is 0 Å². The molecule has 1 aliphatic rings. The summed E-state index contributed by atoms with van der Waals surface area (Å²) >= 11 is 5.81. The zero-order valence-corrected chi connectivity index (χ0v) is 15.8. The number of carbonyl (C=O) groups is 1. The van der Waals surface area contributed by atoms with Gasteiger partial charge in [0.25, 0.3) is 5.91 Å². The van der Waals surface area contributed by atoms with E-state index in [0.717, 1.165) is 5.56 Å². The van der Waals surface area contributed by atoms with E-state index in [4.69, 9.17) is 16.3 Å². The van der Waals surface area contributed by atoms with Crippen molar-refractivity contribution in [2.75, 3.05) is 30.3 Å². The Labute approximate surface area is 157 Å². The highest BCUT2D eigenvalue weighted by molar-refractivity contribution is 7.92. The monoisotopic (exact) mass is 394 g/mol. The second-order valence-electron chi connectivity index (χ2n) is 5.99. The number of nitrogens with one attached hydrogen (secondary N) is 1. The van der Waals surface area contributed by atoms with Gasteiger partial charge in [0, 0.05) is 17.1 Å². The van der Waals surface area contributed by atoms with Crippen LogP contribution in [0.3, 0.4) is 0 Å². The average Bonchev–Trinajstić information content (AvgIpc) is 3.03. The van der Waals surface area contributed by atoms with E-state index in [9.17, 15) is 13.2 Å². The fourth-order valence-electron chi connectivity index (χ4n) is 2.82. The Morgan fingerprint density at radius 3 is 2.65 bits per heavy atom. The summed E-state index contributed by atoms with van der Waals surface area (Å²) in [6, 6.07) is 12.1. The molecule has 0 unspecified atom stereocenters. The van der Waals surface area contributed by atoms with Crippen molar-refractivity contribution >= 4 is 33.2 Å². The fraction of sp³-hybridized carbons (Fsp3) is 0.278. The van der Waals surface area contributed by atoms with Crippen molar-refractivity contribution in [2.24, 2.45) is 0 Å². The maximum atomic E-state index is 12.3. The van der Waals surface area contributed by atoms with Crippen LogP contribution in [0.2, 0.25) is 5.02 Å². The van der Waals surface area contributed by atoms with Crippen LogP contribution in [0.4, 0.5) is 5.69 Å². The number of nitrogens with zero attached hydrogens (tertiary/aromatic N) is 1. The number of benzene rings is 2. The highest BCUT2D eigenvalue weighted by Gasteiger charge is 2.26. The third-order valence-corrected chi connectivity index (χ3v) is 5.50. The number of sulfonamides is 1. The summed E-state index contributed by atoms with van der Waals surface area (Å²) in [5.74, 6) is 0.465. The van der Waals surface area contributed by atoms with Gasteiger partial charge in [-0.2, -0.15) is 0 Å². The topological polar surface area (TPSA) is 75.7 Å². The van der Waals surface area contributed by atoms with Gasteiger partial charge in [-0.3, -0.25) is 9.10 Å². The first kappa shape index (κ1) is 18.5. The molecule has 3 rings (SSSR count). The van der Waals surface area contributed by atoms with Gasteiger partial charge in [-0.05, 0) is 54.4 Å². The van der Waals surface area contributed by atoms with Gasteiger partial charge in [0.05, 0.1) is 18.5 Å². The number of rotatable bonds is 6. The molecule has 0 bridgehead atoms. The Hall–Kier alpha value is -2.25. The molecule has 2 aromatic rings. The molecule has 1 aliphatic heterocycles. The number of hydrogen-bond donors (Lipinski definition) is 1. The second kappa shape index (κ2) is 7.55. The first-order valence-electron chi connectivity index (χ1n) is 8.12. The second-order valence-corrected chi connectivity index (χ2v) is 8.33. The van der Waals surface area contributed by atoms with Gasteiger partial charge < -0.3 is 10.1 Å². The van der Waals surface area contributed by atoms with Crippen molar-refractivity contribution in [3.05, 3.63) is 58.6 Å². The van der Waals surface area contributed by atoms with Crippen molar-refractivity contribution in [1.29, 1.82) is 0 Å². The molecule has 1 N–H and O–H groups in total. The molecule has 6 nitrogen and oxygen atoms in total. The number of amides is 1. The summed E-state index contributed by atoms with van der Waals surface area (Å²) in [5.41, 5.74) is 2.02. The summed E-state index contributed by atoms with van der Waals surface area (Å²) in [7, 11) is -3.29. The molecule has 0 radical (unpaired) electrons. The molecule has 26 heavy (non-hydrogen) atoms. The van der Waals surface area contributed by atoms with E-state index in [1.807, 2.05) is 0 Å². The summed E-state index contributed by atoms with van der Waals surface area (Å²) in [6.45, 7) is 1.10. The van der Waals surface area contributed by atoms with Crippen LogP contribution in [-0.2, 0) is 16.4 Å². The molecule has 0 saturated heterocycles. The standard InChI is InChI=1S/C18H19ClN2O4S/c1-26(23,24)21-10-8-13-12-14(2-7-17(13)21)18(22)20-9-11-25-16-5-3-15(19)4-6-16/h2-7,12H,8-11H2,1H3,(H,20,22). The lowest BCUT2D eigenvalue weighted by molar-refractivity contribution is 0.0947. The van der Waals surface area contributed by atoms with Crippen LogP contribution in [0.1, 0.15) is 15.9 Å². The van der Waals surface area contributed by atoms with Crippen LogP contribution >= 0.6 is 11.6 Å². The van der Waals surface area contributed by atoms with Crippen LogP contribution in [0.15, 0.2) is 42.5 Å². The Kier molecular flexibility index (Phi) is 5.38. The number of anilines is 1. The molecule has 0 atom stereocenters. The Bertz CT molecular complexity index is 913. The molecule has 0 aromatic heterocycles. The van der Waals surface area contributed by atoms with Crippen LogP contribution in [0.25, 0.3) is 0 Å².